The summed E-state index contributed by atoms with van der Waals surface area (Å²) in [5.74, 6) is -0.0523. The van der Waals surface area contributed by atoms with Gasteiger partial charge in [0.15, 0.2) is 17.7 Å². The fourth-order valence-corrected chi connectivity index (χ4v) is 1.72. The Hall–Kier alpha value is -2.30. The molecule has 1 aromatic heterocycles. The highest BCUT2D eigenvalue weighted by molar-refractivity contribution is 5.81. The molecule has 0 aliphatic heterocycles. The second-order valence-electron chi connectivity index (χ2n) is 4.24. The van der Waals surface area contributed by atoms with E-state index in [4.69, 9.17) is 9.15 Å². The molecule has 1 amide bonds. The summed E-state index contributed by atoms with van der Waals surface area (Å²) in [4.78, 5) is 12.0. The number of amides is 1. The van der Waals surface area contributed by atoms with Crippen LogP contribution in [0.5, 0.6) is 5.75 Å². The molecular weight excluding hydrogens is 261 g/mol. The van der Waals surface area contributed by atoms with Crippen molar-refractivity contribution in [3.8, 4) is 5.75 Å². The van der Waals surface area contributed by atoms with Crippen molar-refractivity contribution in [2.75, 3.05) is 0 Å². The van der Waals surface area contributed by atoms with E-state index in [1.165, 1.54) is 18.4 Å². The number of hydrogen-bond donors (Lipinski definition) is 1. The van der Waals surface area contributed by atoms with Crippen LogP contribution in [0, 0.1) is 5.82 Å². The Morgan fingerprint density at radius 1 is 1.35 bits per heavy atom. The number of para-hydroxylation sites is 1. The maximum Gasteiger partial charge on any atom is 0.261 e. The van der Waals surface area contributed by atoms with Gasteiger partial charge >= 0.3 is 0 Å². The molecule has 1 unspecified atom stereocenters. The molecule has 2 rings (SSSR count). The van der Waals surface area contributed by atoms with E-state index in [1.54, 1.807) is 31.2 Å². The number of carbonyl (C=O) groups excluding carboxylic acids is 1. The van der Waals surface area contributed by atoms with Gasteiger partial charge in [0.05, 0.1) is 12.8 Å². The Labute approximate surface area is 116 Å². The minimum atomic E-state index is -0.734. The highest BCUT2D eigenvalue weighted by Crippen LogP contribution is 2.18. The van der Waals surface area contributed by atoms with Gasteiger partial charge in [0.1, 0.15) is 5.76 Å². The van der Waals surface area contributed by atoms with Gasteiger partial charge in [-0.2, -0.15) is 0 Å². The van der Waals surface area contributed by atoms with Crippen molar-refractivity contribution in [1.29, 1.82) is 0 Å². The second kappa shape index (κ2) is 6.75. The fourth-order valence-electron chi connectivity index (χ4n) is 1.72. The minimum Gasteiger partial charge on any atom is -0.478 e. The topological polar surface area (TPSA) is 51.5 Å². The monoisotopic (exact) mass is 277 g/mol. The predicted octanol–water partition coefficient (Wildman–Crippen LogP) is 2.89. The highest BCUT2D eigenvalue weighted by Gasteiger charge is 2.19. The second-order valence-corrected chi connectivity index (χ2v) is 4.24. The van der Waals surface area contributed by atoms with E-state index < -0.39 is 11.9 Å². The summed E-state index contributed by atoms with van der Waals surface area (Å²) < 4.78 is 24.0. The molecule has 1 N–H and O–H groups in total. The van der Waals surface area contributed by atoms with Crippen LogP contribution >= 0.6 is 0 Å². The molecule has 2 aromatic rings. The summed E-state index contributed by atoms with van der Waals surface area (Å²) in [6, 6.07) is 9.53. The van der Waals surface area contributed by atoms with Crippen LogP contribution in [0.4, 0.5) is 4.39 Å². The van der Waals surface area contributed by atoms with Gasteiger partial charge < -0.3 is 14.5 Å². The average molecular weight is 277 g/mol. The molecule has 0 spiro atoms. The lowest BCUT2D eigenvalue weighted by Crippen LogP contribution is -2.37. The summed E-state index contributed by atoms with van der Waals surface area (Å²) in [5, 5.41) is 2.70. The van der Waals surface area contributed by atoms with E-state index >= 15 is 0 Å². The molecule has 0 radical (unpaired) electrons. The Kier molecular flexibility index (Phi) is 4.76. The van der Waals surface area contributed by atoms with E-state index in [-0.39, 0.29) is 18.2 Å². The van der Waals surface area contributed by atoms with Crippen LogP contribution in [0.15, 0.2) is 47.1 Å². The van der Waals surface area contributed by atoms with Crippen molar-refractivity contribution >= 4 is 5.91 Å². The molecule has 0 bridgehead atoms. The molecule has 0 fully saturated rings. The fraction of sp³-hybridized carbons (Fsp3) is 0.267. The molecule has 1 heterocycles. The molecule has 106 valence electrons. The van der Waals surface area contributed by atoms with Crippen molar-refractivity contribution in [3.63, 3.8) is 0 Å². The molecule has 0 aliphatic carbocycles. The first-order valence-electron chi connectivity index (χ1n) is 6.42. The van der Waals surface area contributed by atoms with Gasteiger partial charge in [-0.15, -0.1) is 0 Å². The normalized spacial score (nSPS) is 11.9. The van der Waals surface area contributed by atoms with Crippen LogP contribution < -0.4 is 10.1 Å². The quantitative estimate of drug-likeness (QED) is 0.883. The summed E-state index contributed by atoms with van der Waals surface area (Å²) in [6.07, 6.45) is 1.24. The number of rotatable bonds is 6. The zero-order chi connectivity index (χ0) is 14.4. The summed E-state index contributed by atoms with van der Waals surface area (Å²) >= 11 is 0. The first-order valence-corrected chi connectivity index (χ1v) is 6.42. The predicted molar refractivity (Wildman–Crippen MR) is 71.7 cm³/mol. The molecule has 5 heteroatoms. The molecule has 0 saturated heterocycles. The third-order valence-corrected chi connectivity index (χ3v) is 2.79. The average Bonchev–Trinajstić information content (AvgIpc) is 2.97. The Morgan fingerprint density at radius 2 is 2.15 bits per heavy atom. The largest absolute Gasteiger partial charge is 0.478 e. The van der Waals surface area contributed by atoms with Crippen LogP contribution in [0.1, 0.15) is 19.1 Å². The highest BCUT2D eigenvalue weighted by atomic mass is 19.1. The lowest BCUT2D eigenvalue weighted by molar-refractivity contribution is -0.128. The van der Waals surface area contributed by atoms with Crippen LogP contribution in [0.3, 0.4) is 0 Å². The van der Waals surface area contributed by atoms with Gasteiger partial charge in [0.2, 0.25) is 0 Å². The summed E-state index contributed by atoms with van der Waals surface area (Å²) in [5.41, 5.74) is 0. The minimum absolute atomic E-state index is 0.0764. The van der Waals surface area contributed by atoms with Gasteiger partial charge in [-0.3, -0.25) is 4.79 Å². The van der Waals surface area contributed by atoms with Gasteiger partial charge in [0.25, 0.3) is 5.91 Å². The van der Waals surface area contributed by atoms with Crippen LogP contribution in [0.2, 0.25) is 0 Å². The van der Waals surface area contributed by atoms with Crippen LogP contribution in [0.25, 0.3) is 0 Å². The Balaban J connectivity index is 1.94. The molecule has 1 aromatic carbocycles. The number of furan rings is 1. The zero-order valence-corrected chi connectivity index (χ0v) is 11.1. The van der Waals surface area contributed by atoms with Crippen molar-refractivity contribution in [2.45, 2.75) is 26.0 Å². The number of halogens is 1. The van der Waals surface area contributed by atoms with Crippen molar-refractivity contribution < 1.29 is 18.3 Å². The lowest BCUT2D eigenvalue weighted by atomic mass is 10.2. The molecule has 1 atom stereocenters. The number of nitrogens with one attached hydrogen (secondary N) is 1. The standard InChI is InChI=1S/C15H16FNO3/c1-2-13(20-14-8-4-3-7-12(14)16)15(18)17-10-11-6-5-9-19-11/h3-9,13H,2,10H2,1H3,(H,17,18). The molecular formula is C15H16FNO3. The Bertz CT molecular complexity index is 554. The number of benzene rings is 1. The molecule has 0 aliphatic rings. The smallest absolute Gasteiger partial charge is 0.261 e. The van der Waals surface area contributed by atoms with E-state index in [0.29, 0.717) is 12.2 Å². The van der Waals surface area contributed by atoms with Gasteiger partial charge in [-0.05, 0) is 30.7 Å². The third-order valence-electron chi connectivity index (χ3n) is 2.79. The maximum absolute atomic E-state index is 13.5. The SMILES string of the molecule is CCC(Oc1ccccc1F)C(=O)NCc1ccco1. The van der Waals surface area contributed by atoms with E-state index in [2.05, 4.69) is 5.32 Å². The van der Waals surface area contributed by atoms with Gasteiger partial charge in [-0.25, -0.2) is 4.39 Å². The van der Waals surface area contributed by atoms with Crippen molar-refractivity contribution in [1.82, 2.24) is 5.32 Å². The van der Waals surface area contributed by atoms with Gasteiger partial charge in [0, 0.05) is 0 Å². The molecule has 20 heavy (non-hydrogen) atoms. The molecule has 0 saturated carbocycles. The maximum atomic E-state index is 13.5. The van der Waals surface area contributed by atoms with Gasteiger partial charge in [-0.1, -0.05) is 19.1 Å². The molecule has 4 nitrogen and oxygen atoms in total. The van der Waals surface area contributed by atoms with Crippen molar-refractivity contribution in [2.24, 2.45) is 0 Å². The van der Waals surface area contributed by atoms with Crippen LogP contribution in [-0.4, -0.2) is 12.0 Å². The Morgan fingerprint density at radius 3 is 2.80 bits per heavy atom. The zero-order valence-electron chi connectivity index (χ0n) is 11.1. The summed E-state index contributed by atoms with van der Waals surface area (Å²) in [7, 11) is 0. The first-order chi connectivity index (χ1) is 9.70. The van der Waals surface area contributed by atoms with E-state index in [1.807, 2.05) is 0 Å². The first kappa shape index (κ1) is 14.1. The van der Waals surface area contributed by atoms with Crippen molar-refractivity contribution in [3.05, 3.63) is 54.2 Å². The number of carbonyl (C=O) groups is 1. The van der Waals surface area contributed by atoms with E-state index in [9.17, 15) is 9.18 Å². The van der Waals surface area contributed by atoms with E-state index in [0.717, 1.165) is 0 Å². The summed E-state index contributed by atoms with van der Waals surface area (Å²) in [6.45, 7) is 2.08. The third kappa shape index (κ3) is 3.60. The number of ether oxygens (including phenoxy) is 1. The lowest BCUT2D eigenvalue weighted by Gasteiger charge is -2.17. The number of hydrogen-bond acceptors (Lipinski definition) is 3. The van der Waals surface area contributed by atoms with Crippen LogP contribution in [-0.2, 0) is 11.3 Å².